The molecule has 0 bridgehead atoms. The van der Waals surface area contributed by atoms with Gasteiger partial charge < -0.3 is 9.84 Å². The maximum absolute atomic E-state index is 12.2. The highest BCUT2D eigenvalue weighted by Gasteiger charge is 2.33. The van der Waals surface area contributed by atoms with Crippen LogP contribution in [-0.4, -0.2) is 29.6 Å². The molecule has 0 saturated heterocycles. The van der Waals surface area contributed by atoms with Gasteiger partial charge in [-0.3, -0.25) is 9.59 Å². The highest BCUT2D eigenvalue weighted by Crippen LogP contribution is 2.36. The van der Waals surface area contributed by atoms with Gasteiger partial charge in [-0.1, -0.05) is 39.0 Å². The minimum atomic E-state index is -0.558. The van der Waals surface area contributed by atoms with Crippen LogP contribution in [0.1, 0.15) is 91.4 Å². The SMILES string of the molecule is CCCC#CC(O)CC[C@H]1CCC(=O)[C@@H]1CCCCCC(C)C(=O)OCC. The van der Waals surface area contributed by atoms with Crippen LogP contribution < -0.4 is 0 Å². The number of aliphatic hydroxyl groups excluding tert-OH is 1. The van der Waals surface area contributed by atoms with Crippen molar-refractivity contribution in [1.82, 2.24) is 0 Å². The molecule has 154 valence electrons. The van der Waals surface area contributed by atoms with Gasteiger partial charge >= 0.3 is 5.97 Å². The van der Waals surface area contributed by atoms with E-state index in [1.54, 1.807) is 0 Å². The van der Waals surface area contributed by atoms with Gasteiger partial charge in [-0.15, -0.1) is 5.92 Å². The van der Waals surface area contributed by atoms with Gasteiger partial charge in [-0.2, -0.15) is 0 Å². The molecule has 0 aromatic rings. The van der Waals surface area contributed by atoms with Gasteiger partial charge in [-0.25, -0.2) is 0 Å². The Bertz CT molecular complexity index is 502. The lowest BCUT2D eigenvalue weighted by atomic mass is 9.86. The molecular formula is C23H38O4. The number of Topliss-reactive ketones (excluding diaryl/α,β-unsaturated/α-hetero) is 1. The van der Waals surface area contributed by atoms with E-state index in [2.05, 4.69) is 18.8 Å². The molecule has 4 nitrogen and oxygen atoms in total. The summed E-state index contributed by atoms with van der Waals surface area (Å²) >= 11 is 0. The highest BCUT2D eigenvalue weighted by atomic mass is 16.5. The molecule has 1 N–H and O–H groups in total. The molecule has 1 rings (SSSR count). The fourth-order valence-electron chi connectivity index (χ4n) is 3.87. The molecule has 1 fully saturated rings. The second kappa shape index (κ2) is 13.8. The number of ether oxygens (including phenoxy) is 1. The van der Waals surface area contributed by atoms with Gasteiger partial charge in [0, 0.05) is 18.8 Å². The molecule has 4 heteroatoms. The third-order valence-electron chi connectivity index (χ3n) is 5.54. The van der Waals surface area contributed by atoms with E-state index in [4.69, 9.17) is 4.74 Å². The van der Waals surface area contributed by atoms with E-state index in [1.165, 1.54) is 0 Å². The Hall–Kier alpha value is -1.34. The number of rotatable bonds is 12. The van der Waals surface area contributed by atoms with Crippen LogP contribution in [0.15, 0.2) is 0 Å². The van der Waals surface area contributed by atoms with Crippen LogP contribution in [0.5, 0.6) is 0 Å². The summed E-state index contributed by atoms with van der Waals surface area (Å²) in [5, 5.41) is 9.97. The van der Waals surface area contributed by atoms with Crippen LogP contribution in [-0.2, 0) is 14.3 Å². The zero-order chi connectivity index (χ0) is 20.1. The first-order chi connectivity index (χ1) is 13.0. The van der Waals surface area contributed by atoms with Crippen molar-refractivity contribution in [3.8, 4) is 11.8 Å². The fraction of sp³-hybridized carbons (Fsp3) is 0.826. The summed E-state index contributed by atoms with van der Waals surface area (Å²) < 4.78 is 5.03. The Balaban J connectivity index is 2.26. The first kappa shape index (κ1) is 23.7. The van der Waals surface area contributed by atoms with E-state index >= 15 is 0 Å². The normalized spacial score (nSPS) is 21.4. The number of aliphatic hydroxyl groups is 1. The van der Waals surface area contributed by atoms with E-state index in [0.717, 1.165) is 57.8 Å². The van der Waals surface area contributed by atoms with Crippen LogP contribution in [0.2, 0.25) is 0 Å². The summed E-state index contributed by atoms with van der Waals surface area (Å²) in [7, 11) is 0. The van der Waals surface area contributed by atoms with Crippen LogP contribution in [0.3, 0.4) is 0 Å². The Morgan fingerprint density at radius 2 is 2.00 bits per heavy atom. The average Bonchev–Trinajstić information content (AvgIpc) is 3.00. The minimum Gasteiger partial charge on any atom is -0.466 e. The first-order valence-electron chi connectivity index (χ1n) is 10.8. The molecule has 0 aromatic carbocycles. The second-order valence-electron chi connectivity index (χ2n) is 7.83. The van der Waals surface area contributed by atoms with Gasteiger partial charge in [0.2, 0.25) is 0 Å². The summed E-state index contributed by atoms with van der Waals surface area (Å²) in [5.41, 5.74) is 0. The molecule has 1 aliphatic rings. The predicted octanol–water partition coefficient (Wildman–Crippen LogP) is 4.68. The number of hydrogen-bond donors (Lipinski definition) is 1. The van der Waals surface area contributed by atoms with Gasteiger partial charge in [0.25, 0.3) is 0 Å². The predicted molar refractivity (Wildman–Crippen MR) is 108 cm³/mol. The van der Waals surface area contributed by atoms with E-state index in [9.17, 15) is 14.7 Å². The van der Waals surface area contributed by atoms with Crippen molar-refractivity contribution < 1.29 is 19.4 Å². The Morgan fingerprint density at radius 1 is 1.22 bits per heavy atom. The maximum Gasteiger partial charge on any atom is 0.308 e. The lowest BCUT2D eigenvalue weighted by Crippen LogP contribution is -2.17. The zero-order valence-corrected chi connectivity index (χ0v) is 17.5. The van der Waals surface area contributed by atoms with Crippen molar-refractivity contribution in [3.63, 3.8) is 0 Å². The summed E-state index contributed by atoms with van der Waals surface area (Å²) in [6.45, 7) is 6.26. The molecular weight excluding hydrogens is 340 g/mol. The molecule has 0 aromatic heterocycles. The largest absolute Gasteiger partial charge is 0.466 e. The quantitative estimate of drug-likeness (QED) is 0.304. The molecule has 0 heterocycles. The zero-order valence-electron chi connectivity index (χ0n) is 17.5. The van der Waals surface area contributed by atoms with Crippen molar-refractivity contribution in [3.05, 3.63) is 0 Å². The van der Waals surface area contributed by atoms with E-state index < -0.39 is 6.10 Å². The van der Waals surface area contributed by atoms with Gasteiger partial charge in [0.1, 0.15) is 11.9 Å². The van der Waals surface area contributed by atoms with Crippen LogP contribution in [0.4, 0.5) is 0 Å². The van der Waals surface area contributed by atoms with E-state index in [1.807, 2.05) is 13.8 Å². The average molecular weight is 379 g/mol. The highest BCUT2D eigenvalue weighted by molar-refractivity contribution is 5.83. The van der Waals surface area contributed by atoms with Crippen molar-refractivity contribution in [2.24, 2.45) is 17.8 Å². The molecule has 1 saturated carbocycles. The number of carbonyl (C=O) groups is 2. The van der Waals surface area contributed by atoms with E-state index in [-0.39, 0.29) is 17.8 Å². The molecule has 2 unspecified atom stereocenters. The smallest absolute Gasteiger partial charge is 0.308 e. The maximum atomic E-state index is 12.2. The number of esters is 1. The van der Waals surface area contributed by atoms with Gasteiger partial charge in [0.15, 0.2) is 0 Å². The number of hydrogen-bond acceptors (Lipinski definition) is 4. The Morgan fingerprint density at radius 3 is 2.70 bits per heavy atom. The molecule has 27 heavy (non-hydrogen) atoms. The number of ketones is 1. The van der Waals surface area contributed by atoms with Crippen molar-refractivity contribution in [2.75, 3.05) is 6.61 Å². The first-order valence-corrected chi connectivity index (χ1v) is 10.8. The third-order valence-corrected chi connectivity index (χ3v) is 5.54. The number of unbranched alkanes of at least 4 members (excludes halogenated alkanes) is 3. The molecule has 0 radical (unpaired) electrons. The third kappa shape index (κ3) is 9.42. The van der Waals surface area contributed by atoms with Crippen molar-refractivity contribution in [1.29, 1.82) is 0 Å². The topological polar surface area (TPSA) is 63.6 Å². The summed E-state index contributed by atoms with van der Waals surface area (Å²) in [6.07, 6.45) is 9.35. The van der Waals surface area contributed by atoms with Gasteiger partial charge in [0.05, 0.1) is 12.5 Å². The monoisotopic (exact) mass is 378 g/mol. The lowest BCUT2D eigenvalue weighted by Gasteiger charge is -2.19. The van der Waals surface area contributed by atoms with Crippen LogP contribution in [0, 0.1) is 29.6 Å². The Labute approximate surface area is 165 Å². The standard InChI is InChI=1S/C23H38O4/c1-4-6-8-12-20(24)16-14-19-15-17-22(25)21(19)13-10-7-9-11-18(3)23(26)27-5-2/h18-21,24H,4-7,9-11,13-17H2,1-3H3/t18?,19-,20?,21+/m0/s1. The summed E-state index contributed by atoms with van der Waals surface area (Å²) in [6, 6.07) is 0. The van der Waals surface area contributed by atoms with Crippen LogP contribution in [0.25, 0.3) is 0 Å². The van der Waals surface area contributed by atoms with Gasteiger partial charge in [-0.05, 0) is 51.4 Å². The fourth-order valence-corrected chi connectivity index (χ4v) is 3.87. The second-order valence-corrected chi connectivity index (χ2v) is 7.83. The van der Waals surface area contributed by atoms with Crippen molar-refractivity contribution in [2.45, 2.75) is 97.5 Å². The van der Waals surface area contributed by atoms with Crippen LogP contribution >= 0.6 is 0 Å². The summed E-state index contributed by atoms with van der Waals surface area (Å²) in [5.74, 6) is 6.71. The number of carbonyl (C=O) groups excluding carboxylic acids is 2. The molecule has 0 amide bonds. The van der Waals surface area contributed by atoms with E-state index in [0.29, 0.717) is 31.1 Å². The molecule has 4 atom stereocenters. The summed E-state index contributed by atoms with van der Waals surface area (Å²) in [4.78, 5) is 23.8. The lowest BCUT2D eigenvalue weighted by molar-refractivity contribution is -0.147. The minimum absolute atomic E-state index is 0.0406. The molecule has 0 aliphatic heterocycles. The Kier molecular flexibility index (Phi) is 12.1. The molecule has 0 spiro atoms. The van der Waals surface area contributed by atoms with Crippen molar-refractivity contribution >= 4 is 11.8 Å². The molecule has 1 aliphatic carbocycles.